The summed E-state index contributed by atoms with van der Waals surface area (Å²) in [7, 11) is 3.80. The molecule has 0 bridgehead atoms. The second-order valence-electron chi connectivity index (χ2n) is 5.24. The number of hydrogen-bond donors (Lipinski definition) is 1. The minimum atomic E-state index is 0.0707. The molecule has 0 aliphatic carbocycles. The molecule has 2 rings (SSSR count). The van der Waals surface area contributed by atoms with Crippen molar-refractivity contribution in [3.8, 4) is 5.75 Å². The van der Waals surface area contributed by atoms with Gasteiger partial charge in [-0.2, -0.15) is 0 Å². The molecule has 3 nitrogen and oxygen atoms in total. The highest BCUT2D eigenvalue weighted by Crippen LogP contribution is 2.28. The molecule has 0 radical (unpaired) electrons. The molecule has 2 N–H and O–H groups in total. The second kappa shape index (κ2) is 7.14. The third-order valence-corrected chi connectivity index (χ3v) is 3.79. The van der Waals surface area contributed by atoms with Gasteiger partial charge in [0, 0.05) is 30.9 Å². The van der Waals surface area contributed by atoms with Crippen molar-refractivity contribution in [2.24, 2.45) is 5.73 Å². The lowest BCUT2D eigenvalue weighted by molar-refractivity contribution is 0.409. The van der Waals surface area contributed by atoms with E-state index in [0.29, 0.717) is 0 Å². The van der Waals surface area contributed by atoms with Crippen LogP contribution in [0.1, 0.15) is 30.5 Å². The maximum Gasteiger partial charge on any atom is 0.123 e. The molecule has 0 unspecified atom stereocenters. The summed E-state index contributed by atoms with van der Waals surface area (Å²) < 4.78 is 5.43. The third kappa shape index (κ3) is 3.56. The van der Waals surface area contributed by atoms with E-state index in [4.69, 9.17) is 10.5 Å². The number of rotatable bonds is 6. The van der Waals surface area contributed by atoms with E-state index in [-0.39, 0.29) is 6.04 Å². The number of para-hydroxylation sites is 2. The van der Waals surface area contributed by atoms with Crippen molar-refractivity contribution in [3.63, 3.8) is 0 Å². The summed E-state index contributed by atoms with van der Waals surface area (Å²) in [5.74, 6) is 0.918. The maximum absolute atomic E-state index is 6.23. The molecule has 3 heteroatoms. The van der Waals surface area contributed by atoms with Crippen molar-refractivity contribution in [2.75, 3.05) is 19.1 Å². The van der Waals surface area contributed by atoms with Gasteiger partial charge in [-0.25, -0.2) is 0 Å². The van der Waals surface area contributed by atoms with Crippen LogP contribution in [-0.4, -0.2) is 14.2 Å². The lowest BCUT2D eigenvalue weighted by Gasteiger charge is -2.25. The van der Waals surface area contributed by atoms with Gasteiger partial charge in [-0.05, 0) is 24.1 Å². The molecular weight excluding hydrogens is 260 g/mol. The smallest absolute Gasteiger partial charge is 0.123 e. The standard InChI is InChI=1S/C18H24N2O/c1-4-16(19)15-10-6-7-11-17(15)20(2)13-14-9-5-8-12-18(14)21-3/h5-12,16H,4,13,19H2,1-3H3/t16-/m0/s1. The van der Waals surface area contributed by atoms with Crippen LogP contribution in [0.15, 0.2) is 48.5 Å². The average molecular weight is 284 g/mol. The Labute approximate surface area is 127 Å². The Morgan fingerprint density at radius 2 is 1.76 bits per heavy atom. The highest BCUT2D eigenvalue weighted by atomic mass is 16.5. The second-order valence-corrected chi connectivity index (χ2v) is 5.24. The Morgan fingerprint density at radius 1 is 1.10 bits per heavy atom. The lowest BCUT2D eigenvalue weighted by Crippen LogP contribution is -2.21. The minimum Gasteiger partial charge on any atom is -0.496 e. The van der Waals surface area contributed by atoms with Gasteiger partial charge in [0.05, 0.1) is 7.11 Å². The van der Waals surface area contributed by atoms with Crippen LogP contribution in [0.5, 0.6) is 5.75 Å². The predicted octanol–water partition coefficient (Wildman–Crippen LogP) is 3.74. The molecular formula is C18H24N2O. The molecule has 0 fully saturated rings. The SMILES string of the molecule is CC[C@H](N)c1ccccc1N(C)Cc1ccccc1OC. The van der Waals surface area contributed by atoms with Gasteiger partial charge in [-0.3, -0.25) is 0 Å². The number of benzene rings is 2. The average Bonchev–Trinajstić information content (AvgIpc) is 2.54. The van der Waals surface area contributed by atoms with Crippen molar-refractivity contribution < 1.29 is 4.74 Å². The molecule has 0 spiro atoms. The van der Waals surface area contributed by atoms with Gasteiger partial charge in [-0.15, -0.1) is 0 Å². The Balaban J connectivity index is 2.26. The van der Waals surface area contributed by atoms with E-state index in [9.17, 15) is 0 Å². The summed E-state index contributed by atoms with van der Waals surface area (Å²) in [6.07, 6.45) is 0.930. The quantitative estimate of drug-likeness (QED) is 0.878. The molecule has 1 atom stereocenters. The highest BCUT2D eigenvalue weighted by Gasteiger charge is 2.13. The third-order valence-electron chi connectivity index (χ3n) is 3.79. The van der Waals surface area contributed by atoms with Crippen molar-refractivity contribution in [1.29, 1.82) is 0 Å². The van der Waals surface area contributed by atoms with E-state index in [1.54, 1.807) is 7.11 Å². The van der Waals surface area contributed by atoms with Gasteiger partial charge in [0.25, 0.3) is 0 Å². The van der Waals surface area contributed by atoms with Gasteiger partial charge in [0.1, 0.15) is 5.75 Å². The fourth-order valence-corrected chi connectivity index (χ4v) is 2.54. The summed E-state index contributed by atoms with van der Waals surface area (Å²) in [6, 6.07) is 16.5. The summed E-state index contributed by atoms with van der Waals surface area (Å²) >= 11 is 0. The topological polar surface area (TPSA) is 38.5 Å². The van der Waals surface area contributed by atoms with Gasteiger partial charge in [0.2, 0.25) is 0 Å². The molecule has 0 amide bonds. The van der Waals surface area contributed by atoms with Crippen LogP contribution in [0.4, 0.5) is 5.69 Å². The van der Waals surface area contributed by atoms with E-state index in [1.807, 2.05) is 24.3 Å². The van der Waals surface area contributed by atoms with E-state index >= 15 is 0 Å². The molecule has 0 saturated heterocycles. The number of hydrogen-bond acceptors (Lipinski definition) is 3. The van der Waals surface area contributed by atoms with Crippen molar-refractivity contribution in [3.05, 3.63) is 59.7 Å². The molecule has 0 aliphatic rings. The van der Waals surface area contributed by atoms with Crippen molar-refractivity contribution in [2.45, 2.75) is 25.9 Å². The number of nitrogens with two attached hydrogens (primary N) is 1. The summed E-state index contributed by atoms with van der Waals surface area (Å²) in [5.41, 5.74) is 9.77. The largest absolute Gasteiger partial charge is 0.496 e. The lowest BCUT2D eigenvalue weighted by atomic mass is 10.0. The Hall–Kier alpha value is -2.00. The predicted molar refractivity (Wildman–Crippen MR) is 88.8 cm³/mol. The van der Waals surface area contributed by atoms with Gasteiger partial charge in [-0.1, -0.05) is 43.3 Å². The number of ether oxygens (including phenoxy) is 1. The fourth-order valence-electron chi connectivity index (χ4n) is 2.54. The molecule has 112 valence electrons. The Morgan fingerprint density at radius 3 is 2.48 bits per heavy atom. The van der Waals surface area contributed by atoms with Crippen LogP contribution in [0.25, 0.3) is 0 Å². The number of nitrogens with zero attached hydrogens (tertiary/aromatic N) is 1. The molecule has 21 heavy (non-hydrogen) atoms. The number of anilines is 1. The summed E-state index contributed by atoms with van der Waals surface area (Å²) in [4.78, 5) is 2.22. The Kier molecular flexibility index (Phi) is 5.23. The summed E-state index contributed by atoms with van der Waals surface area (Å²) in [6.45, 7) is 2.90. The molecule has 2 aromatic carbocycles. The van der Waals surface area contributed by atoms with Gasteiger partial charge < -0.3 is 15.4 Å². The molecule has 0 heterocycles. The maximum atomic E-state index is 6.23. The van der Waals surface area contributed by atoms with E-state index < -0.39 is 0 Å². The van der Waals surface area contributed by atoms with Crippen molar-refractivity contribution >= 4 is 5.69 Å². The minimum absolute atomic E-state index is 0.0707. The van der Waals surface area contributed by atoms with E-state index in [1.165, 1.54) is 16.8 Å². The molecule has 0 aliphatic heterocycles. The van der Waals surface area contributed by atoms with Gasteiger partial charge in [0.15, 0.2) is 0 Å². The first-order valence-corrected chi connectivity index (χ1v) is 7.35. The monoisotopic (exact) mass is 284 g/mol. The molecule has 0 aromatic heterocycles. The summed E-state index contributed by atoms with van der Waals surface area (Å²) in [5, 5.41) is 0. The first kappa shape index (κ1) is 15.4. The van der Waals surface area contributed by atoms with Crippen molar-refractivity contribution in [1.82, 2.24) is 0 Å². The highest BCUT2D eigenvalue weighted by molar-refractivity contribution is 5.55. The van der Waals surface area contributed by atoms with Crippen LogP contribution in [0.3, 0.4) is 0 Å². The first-order chi connectivity index (χ1) is 10.2. The first-order valence-electron chi connectivity index (χ1n) is 7.35. The number of methoxy groups -OCH3 is 1. The fraction of sp³-hybridized carbons (Fsp3) is 0.333. The molecule has 2 aromatic rings. The van der Waals surface area contributed by atoms with E-state index in [0.717, 1.165) is 18.7 Å². The molecule has 0 saturated carbocycles. The normalized spacial score (nSPS) is 12.0. The Bertz CT molecular complexity index is 583. The zero-order chi connectivity index (χ0) is 15.2. The zero-order valence-corrected chi connectivity index (χ0v) is 13.0. The van der Waals surface area contributed by atoms with Crippen LogP contribution < -0.4 is 15.4 Å². The van der Waals surface area contributed by atoms with Gasteiger partial charge >= 0.3 is 0 Å². The van der Waals surface area contributed by atoms with Crippen LogP contribution in [-0.2, 0) is 6.54 Å². The zero-order valence-electron chi connectivity index (χ0n) is 13.0. The van der Waals surface area contributed by atoms with E-state index in [2.05, 4.69) is 43.1 Å². The van der Waals surface area contributed by atoms with Crippen LogP contribution in [0, 0.1) is 0 Å². The van der Waals surface area contributed by atoms with Crippen LogP contribution >= 0.6 is 0 Å². The van der Waals surface area contributed by atoms with Crippen LogP contribution in [0.2, 0.25) is 0 Å².